The van der Waals surface area contributed by atoms with Gasteiger partial charge in [-0.1, -0.05) is 53.4 Å². The molecule has 19 heavy (non-hydrogen) atoms. The van der Waals surface area contributed by atoms with E-state index in [1.54, 1.807) is 0 Å². The molecule has 0 amide bonds. The Bertz CT molecular complexity index is 690. The van der Waals surface area contributed by atoms with Crippen molar-refractivity contribution >= 4 is 29.0 Å². The SMILES string of the molecule is CSc1nc(N)n(-c2nnc(-c3ccccc3)s2)n1. The van der Waals surface area contributed by atoms with Gasteiger partial charge in [0, 0.05) is 5.56 Å². The second kappa shape index (κ2) is 4.98. The number of aromatic nitrogens is 5. The number of rotatable bonds is 3. The average molecular weight is 290 g/mol. The van der Waals surface area contributed by atoms with Gasteiger partial charge in [0.2, 0.25) is 16.2 Å². The summed E-state index contributed by atoms with van der Waals surface area (Å²) in [5.41, 5.74) is 6.83. The fourth-order valence-corrected chi connectivity index (χ4v) is 2.69. The van der Waals surface area contributed by atoms with Crippen molar-refractivity contribution in [3.8, 4) is 15.7 Å². The maximum Gasteiger partial charge on any atom is 0.236 e. The molecule has 0 aliphatic rings. The summed E-state index contributed by atoms with van der Waals surface area (Å²) >= 11 is 2.86. The highest BCUT2D eigenvalue weighted by molar-refractivity contribution is 7.98. The quantitative estimate of drug-likeness (QED) is 0.744. The normalized spacial score (nSPS) is 10.8. The van der Waals surface area contributed by atoms with Gasteiger partial charge in [-0.05, 0) is 6.26 Å². The van der Waals surface area contributed by atoms with Crippen LogP contribution in [0.2, 0.25) is 0 Å². The summed E-state index contributed by atoms with van der Waals surface area (Å²) in [7, 11) is 0. The van der Waals surface area contributed by atoms with Crippen LogP contribution in [0.5, 0.6) is 0 Å². The Kier molecular flexibility index (Phi) is 3.18. The molecule has 0 saturated carbocycles. The molecule has 0 spiro atoms. The Labute approximate surface area is 117 Å². The standard InChI is InChI=1S/C11H10N6S2/c1-18-10-13-9(12)17(16-10)11-15-14-8(19-11)7-5-3-2-4-6-7/h2-6H,1H3,(H2,12,13,16). The molecule has 0 bridgehead atoms. The molecule has 0 saturated heterocycles. The maximum atomic E-state index is 5.81. The highest BCUT2D eigenvalue weighted by atomic mass is 32.2. The van der Waals surface area contributed by atoms with Crippen LogP contribution < -0.4 is 5.73 Å². The van der Waals surface area contributed by atoms with Crippen LogP contribution in [0.1, 0.15) is 0 Å². The van der Waals surface area contributed by atoms with Crippen molar-refractivity contribution in [2.75, 3.05) is 12.0 Å². The molecular weight excluding hydrogens is 280 g/mol. The molecule has 2 N–H and O–H groups in total. The molecule has 3 rings (SSSR count). The molecule has 0 radical (unpaired) electrons. The number of nitrogen functional groups attached to an aromatic ring is 1. The van der Waals surface area contributed by atoms with E-state index in [0.717, 1.165) is 10.6 Å². The Balaban J connectivity index is 1.99. The van der Waals surface area contributed by atoms with Gasteiger partial charge < -0.3 is 5.73 Å². The van der Waals surface area contributed by atoms with E-state index in [1.165, 1.54) is 27.8 Å². The van der Waals surface area contributed by atoms with E-state index < -0.39 is 0 Å². The molecule has 0 unspecified atom stereocenters. The summed E-state index contributed by atoms with van der Waals surface area (Å²) in [5, 5.41) is 14.6. The van der Waals surface area contributed by atoms with Gasteiger partial charge in [0.15, 0.2) is 0 Å². The largest absolute Gasteiger partial charge is 0.368 e. The van der Waals surface area contributed by atoms with Crippen molar-refractivity contribution in [3.05, 3.63) is 30.3 Å². The van der Waals surface area contributed by atoms with Crippen molar-refractivity contribution in [2.24, 2.45) is 0 Å². The zero-order valence-corrected chi connectivity index (χ0v) is 11.6. The molecule has 96 valence electrons. The molecule has 1 aromatic carbocycles. The summed E-state index contributed by atoms with van der Waals surface area (Å²) in [6, 6.07) is 9.87. The number of nitrogens with zero attached hydrogens (tertiary/aromatic N) is 5. The van der Waals surface area contributed by atoms with E-state index in [2.05, 4.69) is 20.3 Å². The number of thioether (sulfide) groups is 1. The van der Waals surface area contributed by atoms with Crippen LogP contribution in [0.15, 0.2) is 35.5 Å². The average Bonchev–Trinajstić information content (AvgIpc) is 3.06. The highest BCUT2D eigenvalue weighted by Gasteiger charge is 2.13. The van der Waals surface area contributed by atoms with Crippen molar-refractivity contribution in [2.45, 2.75) is 5.16 Å². The number of nitrogens with two attached hydrogens (primary N) is 1. The molecule has 3 aromatic rings. The Hall–Kier alpha value is -1.93. The first-order valence-electron chi connectivity index (χ1n) is 5.44. The molecule has 6 nitrogen and oxygen atoms in total. The minimum Gasteiger partial charge on any atom is -0.368 e. The van der Waals surface area contributed by atoms with E-state index in [-0.39, 0.29) is 0 Å². The molecule has 0 atom stereocenters. The molecule has 2 aromatic heterocycles. The molecule has 0 fully saturated rings. The van der Waals surface area contributed by atoms with Crippen LogP contribution in [0, 0.1) is 0 Å². The molecular formula is C11H10N6S2. The van der Waals surface area contributed by atoms with Gasteiger partial charge in [-0.2, -0.15) is 9.67 Å². The van der Waals surface area contributed by atoms with Crippen molar-refractivity contribution in [3.63, 3.8) is 0 Å². The van der Waals surface area contributed by atoms with E-state index in [0.29, 0.717) is 16.2 Å². The lowest BCUT2D eigenvalue weighted by atomic mass is 10.2. The highest BCUT2D eigenvalue weighted by Crippen LogP contribution is 2.26. The zero-order chi connectivity index (χ0) is 13.2. The van der Waals surface area contributed by atoms with Crippen LogP contribution in [0.25, 0.3) is 15.7 Å². The summed E-state index contributed by atoms with van der Waals surface area (Å²) < 4.78 is 1.51. The minimum atomic E-state index is 0.320. The molecule has 2 heterocycles. The van der Waals surface area contributed by atoms with Crippen LogP contribution >= 0.6 is 23.1 Å². The Morgan fingerprint density at radius 3 is 2.68 bits per heavy atom. The lowest BCUT2D eigenvalue weighted by Gasteiger charge is -1.94. The third kappa shape index (κ3) is 2.32. The van der Waals surface area contributed by atoms with Crippen LogP contribution in [-0.4, -0.2) is 31.2 Å². The molecule has 0 aliphatic heterocycles. The van der Waals surface area contributed by atoms with E-state index in [9.17, 15) is 0 Å². The topological polar surface area (TPSA) is 82.5 Å². The first-order chi connectivity index (χ1) is 9.28. The lowest BCUT2D eigenvalue weighted by molar-refractivity contribution is 0.818. The number of benzene rings is 1. The zero-order valence-electron chi connectivity index (χ0n) is 10.0. The smallest absolute Gasteiger partial charge is 0.236 e. The van der Waals surface area contributed by atoms with Gasteiger partial charge in [0.05, 0.1) is 0 Å². The third-order valence-corrected chi connectivity index (χ3v) is 3.90. The minimum absolute atomic E-state index is 0.320. The second-order valence-corrected chi connectivity index (χ2v) is 5.35. The van der Waals surface area contributed by atoms with E-state index >= 15 is 0 Å². The fourth-order valence-electron chi connectivity index (χ4n) is 1.53. The van der Waals surface area contributed by atoms with Gasteiger partial charge in [-0.3, -0.25) is 0 Å². The fraction of sp³-hybridized carbons (Fsp3) is 0.0909. The van der Waals surface area contributed by atoms with Gasteiger partial charge >= 0.3 is 0 Å². The van der Waals surface area contributed by atoms with Crippen LogP contribution in [-0.2, 0) is 0 Å². The number of hydrogen-bond acceptors (Lipinski definition) is 7. The summed E-state index contributed by atoms with van der Waals surface area (Å²) in [6.45, 7) is 0. The maximum absolute atomic E-state index is 5.81. The van der Waals surface area contributed by atoms with Gasteiger partial charge in [-0.15, -0.1) is 15.3 Å². The summed E-state index contributed by atoms with van der Waals surface area (Å²) in [6.07, 6.45) is 1.90. The summed E-state index contributed by atoms with van der Waals surface area (Å²) in [5.74, 6) is 0.320. The molecule has 8 heteroatoms. The summed E-state index contributed by atoms with van der Waals surface area (Å²) in [4.78, 5) is 4.12. The lowest BCUT2D eigenvalue weighted by Crippen LogP contribution is -2.01. The Morgan fingerprint density at radius 2 is 2.00 bits per heavy atom. The Morgan fingerprint density at radius 1 is 1.21 bits per heavy atom. The van der Waals surface area contributed by atoms with Crippen molar-refractivity contribution in [1.29, 1.82) is 0 Å². The van der Waals surface area contributed by atoms with Gasteiger partial charge in [0.25, 0.3) is 0 Å². The van der Waals surface area contributed by atoms with E-state index in [4.69, 9.17) is 5.73 Å². The molecule has 0 aliphatic carbocycles. The third-order valence-electron chi connectivity index (χ3n) is 2.41. The first kappa shape index (κ1) is 12.1. The van der Waals surface area contributed by atoms with Gasteiger partial charge in [-0.25, -0.2) is 0 Å². The number of hydrogen-bond donors (Lipinski definition) is 1. The predicted molar refractivity (Wildman–Crippen MR) is 76.5 cm³/mol. The van der Waals surface area contributed by atoms with Crippen molar-refractivity contribution in [1.82, 2.24) is 25.0 Å². The number of anilines is 1. The van der Waals surface area contributed by atoms with Crippen molar-refractivity contribution < 1.29 is 0 Å². The predicted octanol–water partition coefficient (Wildman–Crippen LogP) is 2.09. The van der Waals surface area contributed by atoms with E-state index in [1.807, 2.05) is 36.6 Å². The second-order valence-electron chi connectivity index (χ2n) is 3.62. The van der Waals surface area contributed by atoms with Crippen LogP contribution in [0.3, 0.4) is 0 Å². The van der Waals surface area contributed by atoms with Gasteiger partial charge in [0.1, 0.15) is 5.01 Å². The monoisotopic (exact) mass is 290 g/mol. The van der Waals surface area contributed by atoms with Crippen LogP contribution in [0.4, 0.5) is 5.95 Å². The first-order valence-corrected chi connectivity index (χ1v) is 7.48.